The summed E-state index contributed by atoms with van der Waals surface area (Å²) in [5.41, 5.74) is 9.63. The molecule has 168 valence electrons. The molecule has 1 aromatic heterocycles. The highest BCUT2D eigenvalue weighted by molar-refractivity contribution is 5.97. The van der Waals surface area contributed by atoms with Gasteiger partial charge in [0.15, 0.2) is 0 Å². The van der Waals surface area contributed by atoms with Crippen molar-refractivity contribution in [2.45, 2.75) is 33.1 Å². The second kappa shape index (κ2) is 9.52. The molecular formula is C32H30N2. The molecule has 5 aromatic rings. The number of rotatable bonds is 7. The fourth-order valence-electron chi connectivity index (χ4n) is 4.80. The van der Waals surface area contributed by atoms with Gasteiger partial charge in [-0.15, -0.1) is 0 Å². The smallest absolute Gasteiger partial charge is 0.0707 e. The zero-order valence-corrected chi connectivity index (χ0v) is 19.9. The van der Waals surface area contributed by atoms with Gasteiger partial charge in [0.2, 0.25) is 0 Å². The minimum atomic E-state index is 0.887. The Hall–Kier alpha value is -3.91. The lowest BCUT2D eigenvalue weighted by molar-refractivity contribution is 1.04. The van der Waals surface area contributed by atoms with E-state index in [0.29, 0.717) is 0 Å². The third-order valence-corrected chi connectivity index (χ3v) is 6.66. The Kier molecular flexibility index (Phi) is 6.14. The molecule has 2 nitrogen and oxygen atoms in total. The van der Waals surface area contributed by atoms with Crippen LogP contribution in [0.5, 0.6) is 0 Å². The van der Waals surface area contributed by atoms with Crippen LogP contribution in [0, 0.1) is 0 Å². The number of hydrogen-bond acceptors (Lipinski definition) is 2. The van der Waals surface area contributed by atoms with Gasteiger partial charge >= 0.3 is 0 Å². The van der Waals surface area contributed by atoms with Gasteiger partial charge in [0.25, 0.3) is 0 Å². The van der Waals surface area contributed by atoms with Gasteiger partial charge in [0.05, 0.1) is 5.52 Å². The number of benzene rings is 4. The molecule has 0 aliphatic carbocycles. The van der Waals surface area contributed by atoms with Crippen LogP contribution >= 0.6 is 0 Å². The molecule has 0 unspecified atom stereocenters. The summed E-state index contributed by atoms with van der Waals surface area (Å²) in [7, 11) is 0. The molecule has 0 aliphatic rings. The van der Waals surface area contributed by atoms with Crippen LogP contribution in [-0.4, -0.2) is 4.98 Å². The van der Waals surface area contributed by atoms with E-state index in [4.69, 9.17) is 0 Å². The van der Waals surface area contributed by atoms with Crippen molar-refractivity contribution in [3.8, 4) is 0 Å². The number of fused-ring (bicyclic) bond motifs is 2. The first kappa shape index (κ1) is 21.9. The minimum absolute atomic E-state index is 0.887. The van der Waals surface area contributed by atoms with Crippen LogP contribution < -0.4 is 5.32 Å². The summed E-state index contributed by atoms with van der Waals surface area (Å²) >= 11 is 0. The quantitative estimate of drug-likeness (QED) is 0.275. The minimum Gasteiger partial charge on any atom is -0.355 e. The topological polar surface area (TPSA) is 24.9 Å². The maximum absolute atomic E-state index is 4.67. The van der Waals surface area contributed by atoms with E-state index >= 15 is 0 Å². The first-order chi connectivity index (χ1) is 16.7. The van der Waals surface area contributed by atoms with Crippen molar-refractivity contribution in [3.05, 3.63) is 126 Å². The van der Waals surface area contributed by atoms with Crippen LogP contribution in [0.2, 0.25) is 0 Å². The van der Waals surface area contributed by atoms with Crippen LogP contribution in [0.15, 0.2) is 97.7 Å². The summed E-state index contributed by atoms with van der Waals surface area (Å²) in [5, 5.41) is 7.21. The maximum atomic E-state index is 4.67. The van der Waals surface area contributed by atoms with E-state index in [9.17, 15) is 0 Å². The van der Waals surface area contributed by atoms with Crippen LogP contribution in [0.25, 0.3) is 27.4 Å². The first-order valence-electron chi connectivity index (χ1n) is 12.1. The molecule has 1 N–H and O–H groups in total. The third kappa shape index (κ3) is 4.32. The van der Waals surface area contributed by atoms with Crippen molar-refractivity contribution in [1.29, 1.82) is 0 Å². The molecule has 0 saturated heterocycles. The number of aryl methyl sites for hydroxylation is 2. The molecule has 0 aliphatic heterocycles. The normalized spacial score (nSPS) is 11.1. The zero-order chi connectivity index (χ0) is 23.5. The molecule has 0 bridgehead atoms. The summed E-state index contributed by atoms with van der Waals surface area (Å²) in [4.78, 5) is 4.67. The number of anilines is 1. The van der Waals surface area contributed by atoms with Crippen LogP contribution in [0.1, 0.15) is 41.7 Å². The zero-order valence-electron chi connectivity index (χ0n) is 19.9. The Balaban J connectivity index is 1.47. The van der Waals surface area contributed by atoms with Gasteiger partial charge in [0.1, 0.15) is 0 Å². The number of hydrogen-bond donors (Lipinski definition) is 1. The maximum Gasteiger partial charge on any atom is 0.0707 e. The second-order valence-electron chi connectivity index (χ2n) is 8.82. The van der Waals surface area contributed by atoms with E-state index in [2.05, 4.69) is 97.5 Å². The number of nitrogens with one attached hydrogen (secondary N) is 1. The van der Waals surface area contributed by atoms with Gasteiger partial charge in [-0.1, -0.05) is 81.1 Å². The van der Waals surface area contributed by atoms with Gasteiger partial charge < -0.3 is 5.32 Å². The number of aromatic nitrogens is 1. The first-order valence-corrected chi connectivity index (χ1v) is 12.1. The Bertz CT molecular complexity index is 1480. The van der Waals surface area contributed by atoms with Crippen LogP contribution in [-0.2, 0) is 19.3 Å². The molecule has 0 saturated carbocycles. The summed E-state index contributed by atoms with van der Waals surface area (Å²) < 4.78 is 0. The van der Waals surface area contributed by atoms with Gasteiger partial charge in [-0.25, -0.2) is 0 Å². The second-order valence-corrected chi connectivity index (χ2v) is 8.82. The highest BCUT2D eigenvalue weighted by Crippen LogP contribution is 2.29. The predicted octanol–water partition coefficient (Wildman–Crippen LogP) is 8.19. The molecule has 4 aromatic carbocycles. The fourth-order valence-corrected chi connectivity index (χ4v) is 4.80. The highest BCUT2D eigenvalue weighted by atomic mass is 14.9. The lowest BCUT2D eigenvalue weighted by Crippen LogP contribution is -1.98. The van der Waals surface area contributed by atoms with Crippen LogP contribution in [0.4, 0.5) is 5.69 Å². The Morgan fingerprint density at radius 3 is 2.35 bits per heavy atom. The molecular weight excluding hydrogens is 412 g/mol. The average Bonchev–Trinajstić information content (AvgIpc) is 2.88. The summed E-state index contributed by atoms with van der Waals surface area (Å²) in [6.45, 7) is 8.69. The van der Waals surface area contributed by atoms with Gasteiger partial charge in [-0.05, 0) is 76.7 Å². The van der Waals surface area contributed by atoms with Crippen molar-refractivity contribution in [1.82, 2.24) is 4.98 Å². The lowest BCUT2D eigenvalue weighted by atomic mass is 9.94. The van der Waals surface area contributed by atoms with E-state index in [-0.39, 0.29) is 0 Å². The van der Waals surface area contributed by atoms with Crippen molar-refractivity contribution < 1.29 is 0 Å². The van der Waals surface area contributed by atoms with E-state index in [1.807, 2.05) is 24.4 Å². The number of nitrogens with zero attached hydrogens (tertiary/aromatic N) is 1. The van der Waals surface area contributed by atoms with E-state index in [1.165, 1.54) is 38.4 Å². The summed E-state index contributed by atoms with van der Waals surface area (Å²) in [6.07, 6.45) is 4.93. The van der Waals surface area contributed by atoms with Crippen LogP contribution in [0.3, 0.4) is 0 Å². The summed E-state index contributed by atoms with van der Waals surface area (Å²) in [6, 6.07) is 30.2. The van der Waals surface area contributed by atoms with Crippen molar-refractivity contribution >= 4 is 33.1 Å². The molecule has 0 amide bonds. The van der Waals surface area contributed by atoms with Crippen molar-refractivity contribution in [3.63, 3.8) is 0 Å². The van der Waals surface area contributed by atoms with Gasteiger partial charge in [-0.3, -0.25) is 4.98 Å². The molecule has 0 fully saturated rings. The molecule has 0 spiro atoms. The average molecular weight is 443 g/mol. The molecule has 1 heterocycles. The molecule has 34 heavy (non-hydrogen) atoms. The van der Waals surface area contributed by atoms with E-state index in [0.717, 1.165) is 41.7 Å². The van der Waals surface area contributed by atoms with Gasteiger partial charge in [0, 0.05) is 28.4 Å². The summed E-state index contributed by atoms with van der Waals surface area (Å²) in [5.74, 6) is 0. The van der Waals surface area contributed by atoms with E-state index < -0.39 is 0 Å². The highest BCUT2D eigenvalue weighted by Gasteiger charge is 2.09. The molecule has 2 heteroatoms. The fraction of sp³-hybridized carbons (Fsp3) is 0.156. The van der Waals surface area contributed by atoms with Gasteiger partial charge in [-0.2, -0.15) is 0 Å². The molecule has 0 atom stereocenters. The Morgan fingerprint density at radius 1 is 0.765 bits per heavy atom. The van der Waals surface area contributed by atoms with Crippen molar-refractivity contribution in [2.24, 2.45) is 0 Å². The molecule has 0 radical (unpaired) electrons. The molecule has 5 rings (SSSR count). The van der Waals surface area contributed by atoms with Crippen molar-refractivity contribution in [2.75, 3.05) is 5.32 Å². The largest absolute Gasteiger partial charge is 0.355 e. The number of pyridine rings is 1. The Labute approximate surface area is 202 Å². The third-order valence-electron chi connectivity index (χ3n) is 6.66. The SMILES string of the molecule is C=C(Nc1cccc2cc(Cc3ccnc4cc(CC)c(CC)cc34)ccc12)c1ccccc1. The monoisotopic (exact) mass is 442 g/mol. The standard InChI is InChI=1S/C32H30N2/c1-4-24-20-30-28(16-17-33-32(30)21-25(24)5-2)19-23-14-15-29-27(18-23)12-9-13-31(29)34-22(3)26-10-7-6-8-11-26/h6-18,20-21,34H,3-5,19H2,1-2H3. The lowest BCUT2D eigenvalue weighted by Gasteiger charge is -2.14. The Morgan fingerprint density at radius 2 is 1.56 bits per heavy atom. The predicted molar refractivity (Wildman–Crippen MR) is 146 cm³/mol. The van der Waals surface area contributed by atoms with E-state index in [1.54, 1.807) is 0 Å².